The zero-order valence-electron chi connectivity index (χ0n) is 20.8. The smallest absolute Gasteiger partial charge is 0.127 e. The normalized spacial score (nSPS) is 15.1. The van der Waals surface area contributed by atoms with Gasteiger partial charge in [-0.2, -0.15) is 0 Å². The number of ether oxygens (including phenoxy) is 1. The molecule has 1 unspecified atom stereocenters. The SMILES string of the molecule is COc1cc(C)ccc1C1=CC=C(c2ccc(Cc3cccc(-c4ccccc4)c3)cc2)CC1C=O. The van der Waals surface area contributed by atoms with Crippen molar-refractivity contribution < 1.29 is 9.53 Å². The number of benzene rings is 4. The van der Waals surface area contributed by atoms with Crippen molar-refractivity contribution in [3.8, 4) is 16.9 Å². The fourth-order valence-electron chi connectivity index (χ4n) is 4.95. The highest BCUT2D eigenvalue weighted by Crippen LogP contribution is 2.39. The van der Waals surface area contributed by atoms with Crippen LogP contribution in [0.15, 0.2) is 109 Å². The zero-order chi connectivity index (χ0) is 24.9. The molecule has 1 aliphatic rings. The summed E-state index contributed by atoms with van der Waals surface area (Å²) < 4.78 is 5.60. The number of rotatable bonds is 7. The second-order valence-electron chi connectivity index (χ2n) is 9.40. The van der Waals surface area contributed by atoms with Crippen LogP contribution in [-0.4, -0.2) is 13.4 Å². The molecule has 2 heteroatoms. The molecule has 0 saturated heterocycles. The zero-order valence-corrected chi connectivity index (χ0v) is 20.8. The van der Waals surface area contributed by atoms with Gasteiger partial charge in [0, 0.05) is 11.5 Å². The molecule has 36 heavy (non-hydrogen) atoms. The molecule has 5 rings (SSSR count). The van der Waals surface area contributed by atoms with E-state index >= 15 is 0 Å². The van der Waals surface area contributed by atoms with Crippen LogP contribution in [0.1, 0.15) is 34.2 Å². The Morgan fingerprint density at radius 2 is 1.56 bits per heavy atom. The molecule has 0 aliphatic heterocycles. The Kier molecular flexibility index (Phi) is 6.95. The average molecular weight is 471 g/mol. The summed E-state index contributed by atoms with van der Waals surface area (Å²) in [5.74, 6) is 0.618. The lowest BCUT2D eigenvalue weighted by Crippen LogP contribution is -2.10. The largest absolute Gasteiger partial charge is 0.496 e. The summed E-state index contributed by atoms with van der Waals surface area (Å²) in [7, 11) is 1.68. The first-order valence-electron chi connectivity index (χ1n) is 12.4. The number of hydrogen-bond donors (Lipinski definition) is 0. The maximum absolute atomic E-state index is 12.1. The molecule has 0 fully saturated rings. The minimum Gasteiger partial charge on any atom is -0.496 e. The summed E-state index contributed by atoms with van der Waals surface area (Å²) >= 11 is 0. The first-order chi connectivity index (χ1) is 17.6. The molecular weight excluding hydrogens is 440 g/mol. The first-order valence-corrected chi connectivity index (χ1v) is 12.4. The number of methoxy groups -OCH3 is 1. The van der Waals surface area contributed by atoms with Crippen molar-refractivity contribution in [2.45, 2.75) is 19.8 Å². The van der Waals surface area contributed by atoms with Crippen molar-refractivity contribution in [2.24, 2.45) is 5.92 Å². The second kappa shape index (κ2) is 10.6. The highest BCUT2D eigenvalue weighted by atomic mass is 16.5. The average Bonchev–Trinajstić information content (AvgIpc) is 2.94. The van der Waals surface area contributed by atoms with E-state index in [0.29, 0.717) is 6.42 Å². The Hall–Kier alpha value is -4.17. The quantitative estimate of drug-likeness (QED) is 0.256. The Morgan fingerprint density at radius 1 is 0.778 bits per heavy atom. The maximum Gasteiger partial charge on any atom is 0.127 e. The Morgan fingerprint density at radius 3 is 2.31 bits per heavy atom. The minimum absolute atomic E-state index is 0.193. The molecule has 1 atom stereocenters. The van der Waals surface area contributed by atoms with Crippen LogP contribution in [0.4, 0.5) is 0 Å². The fraction of sp³-hybridized carbons (Fsp3) is 0.147. The molecule has 1 aliphatic carbocycles. The molecule has 0 N–H and O–H groups in total. The Balaban J connectivity index is 1.36. The standard InChI is InChI=1S/C34H30O2/c1-24-11-17-33(34(19-24)36-2)32-18-16-30(22-31(32)23-35)28-14-12-25(13-15-28)20-26-7-6-10-29(21-26)27-8-4-3-5-9-27/h3-19,21,23,31H,20,22H2,1-2H3. The lowest BCUT2D eigenvalue weighted by Gasteiger charge is -2.23. The summed E-state index contributed by atoms with van der Waals surface area (Å²) in [5, 5.41) is 0. The van der Waals surface area contributed by atoms with Gasteiger partial charge >= 0.3 is 0 Å². The summed E-state index contributed by atoms with van der Waals surface area (Å²) in [6, 6.07) is 34.1. The molecule has 4 aromatic carbocycles. The van der Waals surface area contributed by atoms with Crippen LogP contribution < -0.4 is 4.74 Å². The molecule has 0 radical (unpaired) electrons. The van der Waals surface area contributed by atoms with Crippen molar-refractivity contribution in [3.05, 3.63) is 137 Å². The van der Waals surface area contributed by atoms with Gasteiger partial charge in [0.1, 0.15) is 12.0 Å². The lowest BCUT2D eigenvalue weighted by molar-refractivity contribution is -0.109. The predicted octanol–water partition coefficient (Wildman–Crippen LogP) is 7.95. The molecule has 0 bridgehead atoms. The first kappa shape index (κ1) is 23.6. The number of aryl methyl sites for hydroxylation is 1. The van der Waals surface area contributed by atoms with Crippen molar-refractivity contribution in [3.63, 3.8) is 0 Å². The molecular formula is C34H30O2. The van der Waals surface area contributed by atoms with Crippen LogP contribution in [0.5, 0.6) is 5.75 Å². The Bertz CT molecular complexity index is 1430. The van der Waals surface area contributed by atoms with Crippen LogP contribution >= 0.6 is 0 Å². The van der Waals surface area contributed by atoms with Gasteiger partial charge in [0.05, 0.1) is 7.11 Å². The molecule has 0 heterocycles. The van der Waals surface area contributed by atoms with E-state index in [1.807, 2.05) is 19.1 Å². The number of allylic oxidation sites excluding steroid dienone is 4. The topological polar surface area (TPSA) is 26.3 Å². The van der Waals surface area contributed by atoms with Gasteiger partial charge in [0.2, 0.25) is 0 Å². The Labute approximate surface area is 213 Å². The van der Waals surface area contributed by atoms with Crippen LogP contribution in [-0.2, 0) is 11.2 Å². The van der Waals surface area contributed by atoms with Gasteiger partial charge in [-0.3, -0.25) is 0 Å². The highest BCUT2D eigenvalue weighted by molar-refractivity contribution is 5.89. The van der Waals surface area contributed by atoms with E-state index in [0.717, 1.165) is 40.7 Å². The third kappa shape index (κ3) is 5.08. The van der Waals surface area contributed by atoms with E-state index < -0.39 is 0 Å². The predicted molar refractivity (Wildman–Crippen MR) is 149 cm³/mol. The summed E-state index contributed by atoms with van der Waals surface area (Å²) in [6.07, 6.45) is 6.85. The lowest BCUT2D eigenvalue weighted by atomic mass is 9.81. The molecule has 4 aromatic rings. The van der Waals surface area contributed by atoms with Crippen LogP contribution in [0, 0.1) is 12.8 Å². The van der Waals surface area contributed by atoms with Crippen molar-refractivity contribution in [2.75, 3.05) is 7.11 Å². The van der Waals surface area contributed by atoms with Gasteiger partial charge in [0.15, 0.2) is 0 Å². The van der Waals surface area contributed by atoms with E-state index in [9.17, 15) is 4.79 Å². The number of hydrogen-bond acceptors (Lipinski definition) is 2. The van der Waals surface area contributed by atoms with Gasteiger partial charge in [-0.25, -0.2) is 0 Å². The van der Waals surface area contributed by atoms with E-state index in [4.69, 9.17) is 4.74 Å². The van der Waals surface area contributed by atoms with Gasteiger partial charge in [-0.15, -0.1) is 0 Å². The van der Waals surface area contributed by atoms with Gasteiger partial charge < -0.3 is 9.53 Å². The molecule has 0 amide bonds. The van der Waals surface area contributed by atoms with E-state index in [2.05, 4.69) is 97.1 Å². The molecule has 2 nitrogen and oxygen atoms in total. The van der Waals surface area contributed by atoms with Crippen molar-refractivity contribution >= 4 is 17.4 Å². The summed E-state index contributed by atoms with van der Waals surface area (Å²) in [5.41, 5.74) is 10.5. The van der Waals surface area contributed by atoms with Crippen LogP contribution in [0.25, 0.3) is 22.3 Å². The molecule has 0 spiro atoms. The van der Waals surface area contributed by atoms with E-state index in [-0.39, 0.29) is 5.92 Å². The third-order valence-corrected chi connectivity index (χ3v) is 6.90. The van der Waals surface area contributed by atoms with Crippen LogP contribution in [0.2, 0.25) is 0 Å². The summed E-state index contributed by atoms with van der Waals surface area (Å²) in [6.45, 7) is 2.04. The molecule has 178 valence electrons. The van der Waals surface area contributed by atoms with Gasteiger partial charge in [-0.05, 0) is 70.4 Å². The third-order valence-electron chi connectivity index (χ3n) is 6.90. The van der Waals surface area contributed by atoms with Crippen molar-refractivity contribution in [1.82, 2.24) is 0 Å². The van der Waals surface area contributed by atoms with Gasteiger partial charge in [-0.1, -0.05) is 103 Å². The van der Waals surface area contributed by atoms with E-state index in [1.165, 1.54) is 27.8 Å². The maximum atomic E-state index is 12.1. The summed E-state index contributed by atoms with van der Waals surface area (Å²) in [4.78, 5) is 12.1. The van der Waals surface area contributed by atoms with Crippen molar-refractivity contribution in [1.29, 1.82) is 0 Å². The van der Waals surface area contributed by atoms with E-state index in [1.54, 1.807) is 7.11 Å². The monoisotopic (exact) mass is 470 g/mol. The fourth-order valence-corrected chi connectivity index (χ4v) is 4.95. The minimum atomic E-state index is -0.193. The number of carbonyl (C=O) groups excluding carboxylic acids is 1. The second-order valence-corrected chi connectivity index (χ2v) is 9.40. The highest BCUT2D eigenvalue weighted by Gasteiger charge is 2.23. The van der Waals surface area contributed by atoms with Gasteiger partial charge in [0.25, 0.3) is 0 Å². The van der Waals surface area contributed by atoms with Crippen LogP contribution in [0.3, 0.4) is 0 Å². The number of aldehydes is 1. The molecule has 0 aromatic heterocycles. The molecule has 0 saturated carbocycles. The number of carbonyl (C=O) groups is 1.